The van der Waals surface area contributed by atoms with E-state index in [-0.39, 0.29) is 5.54 Å². The van der Waals surface area contributed by atoms with Gasteiger partial charge in [-0.1, -0.05) is 18.2 Å². The molecule has 2 heteroatoms. The zero-order chi connectivity index (χ0) is 13.3. The van der Waals surface area contributed by atoms with Gasteiger partial charge in [-0.15, -0.1) is 0 Å². The second-order valence-electron chi connectivity index (χ2n) is 6.03. The summed E-state index contributed by atoms with van der Waals surface area (Å²) in [6, 6.07) is 7.16. The number of rotatable bonds is 2. The standard InChI is InChI=1S/C16H26N2/c1-12-8-6-9-13(2)15(12)18-11-7-10-14(17-5)16(18,3)4/h6,8-9,14,17H,7,10-11H2,1-5H3. The van der Waals surface area contributed by atoms with Crippen molar-refractivity contribution in [3.05, 3.63) is 29.3 Å². The van der Waals surface area contributed by atoms with Gasteiger partial charge in [0.2, 0.25) is 0 Å². The number of hydrogen-bond donors (Lipinski definition) is 1. The lowest BCUT2D eigenvalue weighted by atomic mass is 9.83. The Labute approximate surface area is 111 Å². The molecular formula is C16H26N2. The van der Waals surface area contributed by atoms with Crippen molar-refractivity contribution in [2.75, 3.05) is 18.5 Å². The lowest BCUT2D eigenvalue weighted by Crippen LogP contribution is -2.61. The minimum atomic E-state index is 0.171. The topological polar surface area (TPSA) is 15.3 Å². The van der Waals surface area contributed by atoms with E-state index >= 15 is 0 Å². The maximum atomic E-state index is 3.49. The summed E-state index contributed by atoms with van der Waals surface area (Å²) in [7, 11) is 2.08. The smallest absolute Gasteiger partial charge is 0.0498 e. The van der Waals surface area contributed by atoms with Crippen molar-refractivity contribution in [2.24, 2.45) is 0 Å². The highest BCUT2D eigenvalue weighted by atomic mass is 15.2. The van der Waals surface area contributed by atoms with Crippen LogP contribution in [0.4, 0.5) is 5.69 Å². The third-order valence-corrected chi connectivity index (χ3v) is 4.48. The fourth-order valence-corrected chi connectivity index (χ4v) is 3.41. The van der Waals surface area contributed by atoms with E-state index in [1.807, 2.05) is 0 Å². The number of nitrogens with zero attached hydrogens (tertiary/aromatic N) is 1. The van der Waals surface area contributed by atoms with Gasteiger partial charge in [0.15, 0.2) is 0 Å². The average molecular weight is 246 g/mol. The van der Waals surface area contributed by atoms with Crippen molar-refractivity contribution in [2.45, 2.75) is 52.1 Å². The van der Waals surface area contributed by atoms with Crippen LogP contribution in [0.2, 0.25) is 0 Å². The summed E-state index contributed by atoms with van der Waals surface area (Å²) in [5.41, 5.74) is 4.38. The van der Waals surface area contributed by atoms with E-state index in [0.717, 1.165) is 6.54 Å². The van der Waals surface area contributed by atoms with Crippen LogP contribution in [0.15, 0.2) is 18.2 Å². The molecule has 1 unspecified atom stereocenters. The van der Waals surface area contributed by atoms with Gasteiger partial charge in [-0.3, -0.25) is 0 Å². The van der Waals surface area contributed by atoms with Gasteiger partial charge in [0.1, 0.15) is 0 Å². The minimum absolute atomic E-state index is 0.171. The zero-order valence-corrected chi connectivity index (χ0v) is 12.4. The van der Waals surface area contributed by atoms with E-state index < -0.39 is 0 Å². The lowest BCUT2D eigenvalue weighted by molar-refractivity contribution is 0.275. The van der Waals surface area contributed by atoms with E-state index in [1.54, 1.807) is 0 Å². The Morgan fingerprint density at radius 3 is 2.39 bits per heavy atom. The van der Waals surface area contributed by atoms with Crippen molar-refractivity contribution in [3.8, 4) is 0 Å². The number of likely N-dealkylation sites (N-methyl/N-ethyl adjacent to an activating group) is 1. The molecule has 2 nitrogen and oxygen atoms in total. The molecule has 0 spiro atoms. The molecule has 1 heterocycles. The summed E-state index contributed by atoms with van der Waals surface area (Å²) in [5.74, 6) is 0. The highest BCUT2D eigenvalue weighted by Crippen LogP contribution is 2.36. The lowest BCUT2D eigenvalue weighted by Gasteiger charge is -2.50. The maximum Gasteiger partial charge on any atom is 0.0498 e. The molecule has 0 aliphatic carbocycles. The second kappa shape index (κ2) is 4.93. The van der Waals surface area contributed by atoms with Crippen LogP contribution in [0.3, 0.4) is 0 Å². The molecule has 1 aromatic rings. The Morgan fingerprint density at radius 2 is 1.83 bits per heavy atom. The molecule has 2 rings (SSSR count). The quantitative estimate of drug-likeness (QED) is 0.861. The van der Waals surface area contributed by atoms with Gasteiger partial charge in [0.25, 0.3) is 0 Å². The van der Waals surface area contributed by atoms with Crippen LogP contribution in [0.5, 0.6) is 0 Å². The largest absolute Gasteiger partial charge is 0.364 e. The highest BCUT2D eigenvalue weighted by Gasteiger charge is 2.38. The first-order valence-corrected chi connectivity index (χ1v) is 6.99. The third-order valence-electron chi connectivity index (χ3n) is 4.48. The summed E-state index contributed by atoms with van der Waals surface area (Å²) in [5, 5.41) is 3.49. The molecule has 0 amide bonds. The summed E-state index contributed by atoms with van der Waals surface area (Å²) in [6.45, 7) is 10.3. The molecule has 1 fully saturated rings. The monoisotopic (exact) mass is 246 g/mol. The van der Waals surface area contributed by atoms with Gasteiger partial charge in [-0.25, -0.2) is 0 Å². The van der Waals surface area contributed by atoms with Crippen LogP contribution in [0.25, 0.3) is 0 Å². The van der Waals surface area contributed by atoms with Crippen LogP contribution in [0.1, 0.15) is 37.8 Å². The summed E-state index contributed by atoms with van der Waals surface area (Å²) >= 11 is 0. The van der Waals surface area contributed by atoms with Crippen molar-refractivity contribution >= 4 is 5.69 Å². The molecule has 0 saturated carbocycles. The number of piperidine rings is 1. The first kappa shape index (κ1) is 13.4. The van der Waals surface area contributed by atoms with Crippen molar-refractivity contribution < 1.29 is 0 Å². The minimum Gasteiger partial charge on any atom is -0.364 e. The fraction of sp³-hybridized carbons (Fsp3) is 0.625. The predicted octanol–water partition coefficient (Wildman–Crippen LogP) is 3.27. The Kier molecular flexibility index (Phi) is 3.67. The molecule has 0 bridgehead atoms. The molecule has 18 heavy (non-hydrogen) atoms. The number of para-hydroxylation sites is 1. The van der Waals surface area contributed by atoms with E-state index in [2.05, 4.69) is 63.2 Å². The van der Waals surface area contributed by atoms with Crippen molar-refractivity contribution in [1.29, 1.82) is 0 Å². The van der Waals surface area contributed by atoms with Gasteiger partial charge < -0.3 is 10.2 Å². The molecule has 1 saturated heterocycles. The Bertz CT molecular complexity index is 403. The van der Waals surface area contributed by atoms with Gasteiger partial charge in [-0.05, 0) is 58.7 Å². The number of aryl methyl sites for hydroxylation is 2. The maximum absolute atomic E-state index is 3.49. The van der Waals surface area contributed by atoms with Crippen LogP contribution >= 0.6 is 0 Å². The van der Waals surface area contributed by atoms with Crippen LogP contribution in [-0.2, 0) is 0 Å². The summed E-state index contributed by atoms with van der Waals surface area (Å²) < 4.78 is 0. The Hall–Kier alpha value is -1.02. The Balaban J connectivity index is 2.43. The van der Waals surface area contributed by atoms with Gasteiger partial charge in [0.05, 0.1) is 0 Å². The first-order chi connectivity index (χ1) is 8.48. The number of nitrogens with one attached hydrogen (secondary N) is 1. The van der Waals surface area contributed by atoms with Crippen molar-refractivity contribution in [1.82, 2.24) is 5.32 Å². The molecular weight excluding hydrogens is 220 g/mol. The van der Waals surface area contributed by atoms with Gasteiger partial charge >= 0.3 is 0 Å². The van der Waals surface area contributed by atoms with E-state index in [1.165, 1.54) is 29.7 Å². The third kappa shape index (κ3) is 2.14. The van der Waals surface area contributed by atoms with Gasteiger partial charge in [-0.2, -0.15) is 0 Å². The average Bonchev–Trinajstić information content (AvgIpc) is 2.30. The number of hydrogen-bond acceptors (Lipinski definition) is 2. The molecule has 1 N–H and O–H groups in total. The van der Waals surface area contributed by atoms with E-state index in [4.69, 9.17) is 0 Å². The van der Waals surface area contributed by atoms with E-state index in [0.29, 0.717) is 6.04 Å². The summed E-state index contributed by atoms with van der Waals surface area (Å²) in [6.07, 6.45) is 2.54. The first-order valence-electron chi connectivity index (χ1n) is 6.99. The molecule has 1 aliphatic rings. The fourth-order valence-electron chi connectivity index (χ4n) is 3.41. The molecule has 1 atom stereocenters. The Morgan fingerprint density at radius 1 is 1.22 bits per heavy atom. The summed E-state index contributed by atoms with van der Waals surface area (Å²) in [4.78, 5) is 2.60. The van der Waals surface area contributed by atoms with Crippen LogP contribution in [-0.4, -0.2) is 25.2 Å². The zero-order valence-electron chi connectivity index (χ0n) is 12.4. The second-order valence-corrected chi connectivity index (χ2v) is 6.03. The molecule has 1 aliphatic heterocycles. The highest BCUT2D eigenvalue weighted by molar-refractivity contribution is 5.61. The molecule has 1 aromatic carbocycles. The van der Waals surface area contributed by atoms with E-state index in [9.17, 15) is 0 Å². The number of anilines is 1. The molecule has 100 valence electrons. The number of benzene rings is 1. The normalized spacial score (nSPS) is 23.2. The predicted molar refractivity (Wildman–Crippen MR) is 79.4 cm³/mol. The van der Waals surface area contributed by atoms with Gasteiger partial charge in [0, 0.05) is 23.8 Å². The van der Waals surface area contributed by atoms with Crippen molar-refractivity contribution in [3.63, 3.8) is 0 Å². The molecule has 0 aromatic heterocycles. The van der Waals surface area contributed by atoms with Crippen LogP contribution in [0, 0.1) is 13.8 Å². The van der Waals surface area contributed by atoms with Crippen LogP contribution < -0.4 is 10.2 Å². The molecule has 0 radical (unpaired) electrons. The SMILES string of the molecule is CNC1CCCN(c2c(C)cccc2C)C1(C)C.